The van der Waals surface area contributed by atoms with E-state index in [2.05, 4.69) is 11.9 Å². The average molecular weight is 474 g/mol. The minimum atomic E-state index is -1.23. The Morgan fingerprint density at radius 3 is 2.56 bits per heavy atom. The fraction of sp³-hybridized carbons (Fsp3) is 0.667. The molecular weight excluding hydrogens is 434 g/mol. The third-order valence-corrected chi connectivity index (χ3v) is 7.60. The summed E-state index contributed by atoms with van der Waals surface area (Å²) in [5.74, 6) is -1.57. The summed E-state index contributed by atoms with van der Waals surface area (Å²) in [6.07, 6.45) is 5.31. The number of ether oxygens (including phenoxy) is 2. The molecule has 2 aliphatic rings. The smallest absolute Gasteiger partial charge is 0.309 e. The van der Waals surface area contributed by atoms with Gasteiger partial charge in [0.25, 0.3) is 0 Å². The van der Waals surface area contributed by atoms with Gasteiger partial charge in [-0.2, -0.15) is 0 Å². The number of aliphatic hydroxyl groups is 2. The summed E-state index contributed by atoms with van der Waals surface area (Å²) < 4.78 is 11.7. The number of aliphatic hydroxyl groups excluding tert-OH is 2. The number of Topliss-reactive ketones (excluding diaryl/α,β-unsaturated/α-hetero) is 1. The molecule has 0 saturated carbocycles. The lowest BCUT2D eigenvalue weighted by molar-refractivity contribution is -0.154. The topological polar surface area (TPSA) is 109 Å². The van der Waals surface area contributed by atoms with Crippen molar-refractivity contribution in [3.63, 3.8) is 0 Å². The van der Waals surface area contributed by atoms with Crippen LogP contribution in [0.15, 0.2) is 30.5 Å². The first-order valence-electron chi connectivity index (χ1n) is 12.3. The average Bonchev–Trinajstić information content (AvgIpc) is 3.44. The van der Waals surface area contributed by atoms with Crippen molar-refractivity contribution in [1.29, 1.82) is 0 Å². The first-order valence-corrected chi connectivity index (χ1v) is 12.3. The van der Waals surface area contributed by atoms with Gasteiger partial charge in [-0.3, -0.25) is 14.6 Å². The van der Waals surface area contributed by atoms with Crippen LogP contribution in [-0.2, 0) is 19.1 Å². The highest BCUT2D eigenvalue weighted by Gasteiger charge is 2.52. The van der Waals surface area contributed by atoms with Crippen LogP contribution in [0.1, 0.15) is 72.4 Å². The van der Waals surface area contributed by atoms with E-state index >= 15 is 0 Å². The molecule has 2 N–H and O–H groups in total. The van der Waals surface area contributed by atoms with Gasteiger partial charge in [0.2, 0.25) is 0 Å². The number of fused-ring (bicyclic) bond motifs is 1. The van der Waals surface area contributed by atoms with Crippen molar-refractivity contribution in [2.75, 3.05) is 0 Å². The number of carbonyl (C=O) groups excluding carboxylic acids is 2. The van der Waals surface area contributed by atoms with Crippen molar-refractivity contribution < 1.29 is 29.3 Å². The molecule has 3 rings (SSSR count). The molecule has 188 valence electrons. The summed E-state index contributed by atoms with van der Waals surface area (Å²) in [6, 6.07) is 5.58. The maximum Gasteiger partial charge on any atom is 0.309 e. The predicted octanol–water partition coefficient (Wildman–Crippen LogP) is 3.72. The van der Waals surface area contributed by atoms with Gasteiger partial charge in [-0.1, -0.05) is 40.2 Å². The number of rotatable bonds is 2. The lowest BCUT2D eigenvalue weighted by Gasteiger charge is -2.34. The molecule has 0 aliphatic carbocycles. The van der Waals surface area contributed by atoms with Gasteiger partial charge in [-0.25, -0.2) is 0 Å². The molecule has 0 bridgehead atoms. The third kappa shape index (κ3) is 6.32. The van der Waals surface area contributed by atoms with Gasteiger partial charge in [-0.15, -0.1) is 0 Å². The van der Waals surface area contributed by atoms with E-state index in [1.165, 1.54) is 0 Å². The Kier molecular flexibility index (Phi) is 8.32. The molecule has 3 heterocycles. The number of carbonyl (C=O) groups is 2. The number of pyridine rings is 1. The zero-order valence-electron chi connectivity index (χ0n) is 20.9. The normalized spacial score (nSPS) is 37.7. The van der Waals surface area contributed by atoms with Crippen molar-refractivity contribution in [2.24, 2.45) is 17.3 Å². The van der Waals surface area contributed by atoms with E-state index in [0.717, 1.165) is 25.0 Å². The van der Waals surface area contributed by atoms with Gasteiger partial charge < -0.3 is 19.7 Å². The van der Waals surface area contributed by atoms with Crippen LogP contribution in [-0.4, -0.2) is 57.0 Å². The van der Waals surface area contributed by atoms with Crippen molar-refractivity contribution in [2.45, 2.75) is 96.7 Å². The summed E-state index contributed by atoms with van der Waals surface area (Å²) >= 11 is 0. The van der Waals surface area contributed by atoms with E-state index in [0.29, 0.717) is 6.42 Å². The molecule has 2 saturated heterocycles. The maximum absolute atomic E-state index is 13.2. The number of cyclic esters (lactones) is 1. The highest BCUT2D eigenvalue weighted by Crippen LogP contribution is 2.44. The highest BCUT2D eigenvalue weighted by atomic mass is 16.6. The number of hydrogen-bond donors (Lipinski definition) is 2. The number of aromatic nitrogens is 1. The summed E-state index contributed by atoms with van der Waals surface area (Å²) in [5, 5.41) is 21.6. The molecule has 1 aromatic rings. The molecule has 34 heavy (non-hydrogen) atoms. The van der Waals surface area contributed by atoms with E-state index in [-0.39, 0.29) is 29.8 Å². The van der Waals surface area contributed by atoms with Gasteiger partial charge in [0.1, 0.15) is 11.9 Å². The molecule has 1 unspecified atom stereocenters. The predicted molar refractivity (Wildman–Crippen MR) is 129 cm³/mol. The van der Waals surface area contributed by atoms with Gasteiger partial charge in [0, 0.05) is 18.5 Å². The van der Waals surface area contributed by atoms with Crippen LogP contribution in [0.2, 0.25) is 0 Å². The van der Waals surface area contributed by atoms with Crippen LogP contribution in [0, 0.1) is 17.3 Å². The Morgan fingerprint density at radius 2 is 1.88 bits per heavy atom. The molecule has 7 atom stereocenters. The first-order chi connectivity index (χ1) is 15.9. The van der Waals surface area contributed by atoms with Crippen LogP contribution >= 0.6 is 0 Å². The quantitative estimate of drug-likeness (QED) is 0.498. The molecule has 0 amide bonds. The Bertz CT molecular complexity index is 884. The molecule has 7 heteroatoms. The molecule has 0 radical (unpaired) electrons. The Balaban J connectivity index is 1.81. The third-order valence-electron chi connectivity index (χ3n) is 7.60. The summed E-state index contributed by atoms with van der Waals surface area (Å²) in [7, 11) is 0. The fourth-order valence-electron chi connectivity index (χ4n) is 4.84. The first kappa shape index (κ1) is 26.5. The SMILES string of the molecule is C[C@@H]1C(=O)C(C)(C)[C@@H](O)CC(=O)O[C@@H](/C=C/c2ccccn2)CC2O[C@@]2(C)CCC[C@H](C)[C@H]1O. The molecule has 1 aromatic heterocycles. The minimum Gasteiger partial charge on any atom is -0.458 e. The van der Waals surface area contributed by atoms with Crippen LogP contribution in [0.3, 0.4) is 0 Å². The summed E-state index contributed by atoms with van der Waals surface area (Å²) in [6.45, 7) is 8.93. The fourth-order valence-corrected chi connectivity index (χ4v) is 4.84. The van der Waals surface area contributed by atoms with Crippen LogP contribution < -0.4 is 0 Å². The molecular formula is C27H39NO6. The van der Waals surface area contributed by atoms with Crippen LogP contribution in [0.4, 0.5) is 0 Å². The van der Waals surface area contributed by atoms with Crippen molar-refractivity contribution in [1.82, 2.24) is 4.98 Å². The minimum absolute atomic E-state index is 0.0475. The zero-order valence-corrected chi connectivity index (χ0v) is 20.9. The second-order valence-electron chi connectivity index (χ2n) is 10.8. The number of hydrogen-bond acceptors (Lipinski definition) is 7. The molecule has 0 aromatic carbocycles. The molecule has 2 fully saturated rings. The maximum atomic E-state index is 13.2. The number of epoxide rings is 1. The molecule has 0 spiro atoms. The monoisotopic (exact) mass is 473 g/mol. The number of nitrogens with zero attached hydrogens (tertiary/aromatic N) is 1. The van der Waals surface area contributed by atoms with E-state index in [1.54, 1.807) is 33.0 Å². The lowest BCUT2D eigenvalue weighted by atomic mass is 9.73. The Labute approximate surface area is 202 Å². The van der Waals surface area contributed by atoms with Crippen molar-refractivity contribution in [3.8, 4) is 0 Å². The summed E-state index contributed by atoms with van der Waals surface area (Å²) in [5.41, 5.74) is -0.750. The standard InChI is InChI=1S/C27H39NO6/c1-17-9-8-13-27(5)22(34-27)15-20(12-11-19-10-6-7-14-28-19)33-23(30)16-21(29)26(3,4)25(32)18(2)24(17)31/h6-7,10-12,14,17-18,20-22,24,29,31H,8-9,13,15-16H2,1-5H3/b12-11+/t17-,18-,20-,21-,22?,24+,27-/m0/s1. The lowest BCUT2D eigenvalue weighted by Crippen LogP contribution is -2.45. The van der Waals surface area contributed by atoms with Crippen molar-refractivity contribution in [3.05, 3.63) is 36.2 Å². The van der Waals surface area contributed by atoms with Gasteiger partial charge in [-0.05, 0) is 50.0 Å². The van der Waals surface area contributed by atoms with E-state index in [4.69, 9.17) is 9.47 Å². The number of esters is 1. The summed E-state index contributed by atoms with van der Waals surface area (Å²) in [4.78, 5) is 30.2. The second-order valence-corrected chi connectivity index (χ2v) is 10.8. The van der Waals surface area contributed by atoms with E-state index < -0.39 is 35.6 Å². The Morgan fingerprint density at radius 1 is 1.15 bits per heavy atom. The van der Waals surface area contributed by atoms with Gasteiger partial charge in [0.05, 0.1) is 41.4 Å². The largest absolute Gasteiger partial charge is 0.458 e. The van der Waals surface area contributed by atoms with Gasteiger partial charge >= 0.3 is 5.97 Å². The highest BCUT2D eigenvalue weighted by molar-refractivity contribution is 5.88. The number of ketones is 1. The van der Waals surface area contributed by atoms with E-state index in [9.17, 15) is 19.8 Å². The van der Waals surface area contributed by atoms with Crippen LogP contribution in [0.25, 0.3) is 6.08 Å². The van der Waals surface area contributed by atoms with Crippen molar-refractivity contribution >= 4 is 17.8 Å². The molecule has 2 aliphatic heterocycles. The second kappa shape index (κ2) is 10.7. The molecule has 7 nitrogen and oxygen atoms in total. The Hall–Kier alpha value is -2.09. The van der Waals surface area contributed by atoms with E-state index in [1.807, 2.05) is 31.2 Å². The van der Waals surface area contributed by atoms with Crippen LogP contribution in [0.5, 0.6) is 0 Å². The van der Waals surface area contributed by atoms with Gasteiger partial charge in [0.15, 0.2) is 0 Å². The zero-order chi connectivity index (χ0) is 25.1.